The highest BCUT2D eigenvalue weighted by molar-refractivity contribution is 6.48. The van der Waals surface area contributed by atoms with Crippen molar-refractivity contribution in [2.45, 2.75) is 6.92 Å². The van der Waals surface area contributed by atoms with E-state index in [2.05, 4.69) is 6.58 Å². The van der Waals surface area contributed by atoms with E-state index in [-0.39, 0.29) is 0 Å². The lowest BCUT2D eigenvalue weighted by Crippen LogP contribution is -1.91. The van der Waals surface area contributed by atoms with Crippen LogP contribution in [0.2, 0.25) is 0 Å². The first-order chi connectivity index (χ1) is 5.66. The maximum atomic E-state index is 5.78. The molecule has 0 aliphatic heterocycles. The van der Waals surface area contributed by atoms with Gasteiger partial charge < -0.3 is 4.74 Å². The van der Waals surface area contributed by atoms with Gasteiger partial charge in [0.15, 0.2) is 0 Å². The summed E-state index contributed by atoms with van der Waals surface area (Å²) in [7, 11) is 1.63. The predicted molar refractivity (Wildman–Crippen MR) is 52.6 cm³/mol. The Morgan fingerprint density at radius 1 is 1.50 bits per heavy atom. The molecule has 0 amide bonds. The summed E-state index contributed by atoms with van der Waals surface area (Å²) < 4.78 is 5.19. The standard InChI is InChI=1S/C10H11ClO/c1-7-5-4-6-9(8(2)11)10(7)12-3/h4-6H,2H2,1,3H3. The number of benzene rings is 1. The third kappa shape index (κ3) is 1.62. The Hall–Kier alpha value is -0.950. The molecule has 64 valence electrons. The Labute approximate surface area is 77.6 Å². The van der Waals surface area contributed by atoms with Gasteiger partial charge in [-0.2, -0.15) is 0 Å². The maximum absolute atomic E-state index is 5.78. The third-order valence-electron chi connectivity index (χ3n) is 1.71. The fourth-order valence-electron chi connectivity index (χ4n) is 1.14. The number of methoxy groups -OCH3 is 1. The summed E-state index contributed by atoms with van der Waals surface area (Å²) in [6, 6.07) is 5.80. The van der Waals surface area contributed by atoms with Gasteiger partial charge in [-0.1, -0.05) is 30.3 Å². The summed E-state index contributed by atoms with van der Waals surface area (Å²) in [5, 5.41) is 0.510. The van der Waals surface area contributed by atoms with Crippen molar-refractivity contribution in [3.63, 3.8) is 0 Å². The van der Waals surface area contributed by atoms with Crippen LogP contribution in [0.15, 0.2) is 24.8 Å². The topological polar surface area (TPSA) is 9.23 Å². The van der Waals surface area contributed by atoms with Crippen LogP contribution in [-0.4, -0.2) is 7.11 Å². The van der Waals surface area contributed by atoms with Crippen LogP contribution in [0.1, 0.15) is 11.1 Å². The summed E-state index contributed by atoms with van der Waals surface area (Å²) in [5.74, 6) is 0.803. The van der Waals surface area contributed by atoms with Crippen LogP contribution in [0.3, 0.4) is 0 Å². The maximum Gasteiger partial charge on any atom is 0.130 e. The summed E-state index contributed by atoms with van der Waals surface area (Å²) >= 11 is 5.78. The molecule has 0 fully saturated rings. The molecule has 0 heterocycles. The number of hydrogen-bond acceptors (Lipinski definition) is 1. The predicted octanol–water partition coefficient (Wildman–Crippen LogP) is 3.21. The number of ether oxygens (including phenoxy) is 1. The van der Waals surface area contributed by atoms with Crippen molar-refractivity contribution in [1.29, 1.82) is 0 Å². The molecule has 0 saturated heterocycles. The number of hydrogen-bond donors (Lipinski definition) is 0. The van der Waals surface area contributed by atoms with Crippen molar-refractivity contribution >= 4 is 16.6 Å². The van der Waals surface area contributed by atoms with Gasteiger partial charge in [0.25, 0.3) is 0 Å². The molecule has 0 N–H and O–H groups in total. The van der Waals surface area contributed by atoms with Crippen LogP contribution in [-0.2, 0) is 0 Å². The Morgan fingerprint density at radius 3 is 2.58 bits per heavy atom. The van der Waals surface area contributed by atoms with Crippen LogP contribution < -0.4 is 4.74 Å². The van der Waals surface area contributed by atoms with Crippen molar-refractivity contribution in [3.05, 3.63) is 35.9 Å². The summed E-state index contributed by atoms with van der Waals surface area (Å²) in [6.45, 7) is 5.63. The highest BCUT2D eigenvalue weighted by atomic mass is 35.5. The van der Waals surface area contributed by atoms with Gasteiger partial charge >= 0.3 is 0 Å². The van der Waals surface area contributed by atoms with Crippen LogP contribution in [0.4, 0.5) is 0 Å². The highest BCUT2D eigenvalue weighted by Crippen LogP contribution is 2.29. The van der Waals surface area contributed by atoms with Crippen LogP contribution in [0.5, 0.6) is 5.75 Å². The van der Waals surface area contributed by atoms with Gasteiger partial charge in [-0.15, -0.1) is 0 Å². The number of halogens is 1. The Bertz CT molecular complexity index is 305. The monoisotopic (exact) mass is 182 g/mol. The fourth-order valence-corrected chi connectivity index (χ4v) is 1.29. The Balaban J connectivity index is 3.27. The van der Waals surface area contributed by atoms with E-state index in [0.29, 0.717) is 5.03 Å². The molecule has 0 atom stereocenters. The average Bonchev–Trinajstić information content (AvgIpc) is 2.03. The zero-order valence-corrected chi connectivity index (χ0v) is 7.98. The van der Waals surface area contributed by atoms with Gasteiger partial charge in [0.1, 0.15) is 5.75 Å². The van der Waals surface area contributed by atoms with E-state index in [4.69, 9.17) is 16.3 Å². The van der Waals surface area contributed by atoms with Crippen LogP contribution in [0.25, 0.3) is 5.03 Å². The SMILES string of the molecule is C=C(Cl)c1cccc(C)c1OC. The smallest absolute Gasteiger partial charge is 0.130 e. The van der Waals surface area contributed by atoms with Gasteiger partial charge in [-0.05, 0) is 18.6 Å². The lowest BCUT2D eigenvalue weighted by molar-refractivity contribution is 0.410. The summed E-state index contributed by atoms with van der Waals surface area (Å²) in [5.41, 5.74) is 1.93. The second kappa shape index (κ2) is 3.63. The number of aryl methyl sites for hydroxylation is 1. The minimum atomic E-state index is 0.510. The van der Waals surface area contributed by atoms with Crippen molar-refractivity contribution < 1.29 is 4.74 Å². The van der Waals surface area contributed by atoms with Gasteiger partial charge in [-0.3, -0.25) is 0 Å². The molecule has 2 heteroatoms. The van der Waals surface area contributed by atoms with Gasteiger partial charge in [0.2, 0.25) is 0 Å². The molecule has 0 spiro atoms. The molecule has 0 aromatic heterocycles. The second-order valence-corrected chi connectivity index (χ2v) is 3.02. The van der Waals surface area contributed by atoms with Gasteiger partial charge in [0, 0.05) is 10.6 Å². The molecule has 0 unspecified atom stereocenters. The second-order valence-electron chi connectivity index (χ2n) is 2.56. The Morgan fingerprint density at radius 2 is 2.17 bits per heavy atom. The number of rotatable bonds is 2. The molecule has 12 heavy (non-hydrogen) atoms. The van der Waals surface area contributed by atoms with E-state index in [9.17, 15) is 0 Å². The van der Waals surface area contributed by atoms with E-state index in [1.54, 1.807) is 7.11 Å². The molecule has 1 aromatic carbocycles. The molecule has 1 aromatic rings. The number of para-hydroxylation sites is 1. The minimum Gasteiger partial charge on any atom is -0.496 e. The first-order valence-electron chi connectivity index (χ1n) is 3.65. The van der Waals surface area contributed by atoms with Gasteiger partial charge in [-0.25, -0.2) is 0 Å². The molecular formula is C10H11ClO. The van der Waals surface area contributed by atoms with Crippen molar-refractivity contribution in [2.75, 3.05) is 7.11 Å². The zero-order valence-electron chi connectivity index (χ0n) is 7.23. The molecular weight excluding hydrogens is 172 g/mol. The molecule has 1 nitrogen and oxygen atoms in total. The van der Waals surface area contributed by atoms with E-state index >= 15 is 0 Å². The molecule has 0 aliphatic carbocycles. The fraction of sp³-hybridized carbons (Fsp3) is 0.200. The van der Waals surface area contributed by atoms with Crippen molar-refractivity contribution in [1.82, 2.24) is 0 Å². The quantitative estimate of drug-likeness (QED) is 0.683. The minimum absolute atomic E-state index is 0.510. The van der Waals surface area contributed by atoms with Crippen molar-refractivity contribution in [3.8, 4) is 5.75 Å². The first kappa shape index (κ1) is 9.14. The van der Waals surface area contributed by atoms with E-state index in [1.807, 2.05) is 25.1 Å². The lowest BCUT2D eigenvalue weighted by atomic mass is 10.1. The Kier molecular flexibility index (Phi) is 2.77. The molecule has 0 aliphatic rings. The van der Waals surface area contributed by atoms with Crippen molar-refractivity contribution in [2.24, 2.45) is 0 Å². The third-order valence-corrected chi connectivity index (χ3v) is 1.91. The summed E-state index contributed by atoms with van der Waals surface area (Å²) in [4.78, 5) is 0. The molecule has 1 rings (SSSR count). The molecule has 0 saturated carbocycles. The largest absolute Gasteiger partial charge is 0.496 e. The summed E-state index contributed by atoms with van der Waals surface area (Å²) in [6.07, 6.45) is 0. The van der Waals surface area contributed by atoms with E-state index < -0.39 is 0 Å². The zero-order chi connectivity index (χ0) is 9.14. The average molecular weight is 183 g/mol. The van der Waals surface area contributed by atoms with Gasteiger partial charge in [0.05, 0.1) is 7.11 Å². The normalized spacial score (nSPS) is 9.58. The van der Waals surface area contributed by atoms with E-state index in [1.165, 1.54) is 0 Å². The van der Waals surface area contributed by atoms with E-state index in [0.717, 1.165) is 16.9 Å². The molecule has 0 bridgehead atoms. The highest BCUT2D eigenvalue weighted by Gasteiger charge is 2.06. The first-order valence-corrected chi connectivity index (χ1v) is 4.03. The van der Waals surface area contributed by atoms with Crippen LogP contribution in [0, 0.1) is 6.92 Å². The van der Waals surface area contributed by atoms with Crippen LogP contribution >= 0.6 is 11.6 Å². The lowest BCUT2D eigenvalue weighted by Gasteiger charge is -2.09. The molecule has 0 radical (unpaired) electrons.